The van der Waals surface area contributed by atoms with Crippen LogP contribution in [0, 0.1) is 5.41 Å². The summed E-state index contributed by atoms with van der Waals surface area (Å²) in [6.45, 7) is 6.51. The van der Waals surface area contributed by atoms with Crippen LogP contribution in [0.1, 0.15) is 49.4 Å². The summed E-state index contributed by atoms with van der Waals surface area (Å²) in [7, 11) is 0. The summed E-state index contributed by atoms with van der Waals surface area (Å²) in [6, 6.07) is 4.07. The van der Waals surface area contributed by atoms with Gasteiger partial charge in [-0.2, -0.15) is 0 Å². The van der Waals surface area contributed by atoms with Gasteiger partial charge in [-0.1, -0.05) is 26.8 Å². The minimum absolute atomic E-state index is 0.120. The Balaban J connectivity index is 2.06. The Kier molecular flexibility index (Phi) is 3.38. The van der Waals surface area contributed by atoms with E-state index in [1.807, 2.05) is 12.3 Å². The molecule has 0 spiro atoms. The van der Waals surface area contributed by atoms with Crippen molar-refractivity contribution >= 4 is 11.3 Å². The average molecular weight is 288 g/mol. The molecule has 2 heterocycles. The lowest BCUT2D eigenvalue weighted by Crippen LogP contribution is -2.24. The van der Waals surface area contributed by atoms with Crippen LogP contribution in [-0.4, -0.2) is 15.1 Å². The van der Waals surface area contributed by atoms with E-state index in [0.717, 1.165) is 40.5 Å². The van der Waals surface area contributed by atoms with Gasteiger partial charge < -0.3 is 5.11 Å². The van der Waals surface area contributed by atoms with Gasteiger partial charge >= 0.3 is 0 Å². The Morgan fingerprint density at radius 2 is 2.25 bits per heavy atom. The van der Waals surface area contributed by atoms with Gasteiger partial charge in [-0.3, -0.25) is 4.98 Å². The fourth-order valence-electron chi connectivity index (χ4n) is 2.91. The Morgan fingerprint density at radius 3 is 3.00 bits per heavy atom. The van der Waals surface area contributed by atoms with Gasteiger partial charge in [0, 0.05) is 6.20 Å². The van der Waals surface area contributed by atoms with Crippen LogP contribution >= 0.6 is 11.3 Å². The quantitative estimate of drug-likeness (QED) is 0.915. The van der Waals surface area contributed by atoms with E-state index in [1.54, 1.807) is 11.3 Å². The zero-order valence-electron chi connectivity index (χ0n) is 12.2. The number of hydrogen-bond donors (Lipinski definition) is 1. The fraction of sp³-hybridized carbons (Fsp3) is 0.500. The molecule has 1 aliphatic carbocycles. The van der Waals surface area contributed by atoms with Crippen molar-refractivity contribution in [3.05, 3.63) is 34.5 Å². The molecule has 2 aromatic rings. The predicted molar refractivity (Wildman–Crippen MR) is 81.8 cm³/mol. The highest BCUT2D eigenvalue weighted by Crippen LogP contribution is 2.44. The van der Waals surface area contributed by atoms with Gasteiger partial charge in [0.15, 0.2) is 0 Å². The third-order valence-electron chi connectivity index (χ3n) is 3.90. The summed E-state index contributed by atoms with van der Waals surface area (Å²) in [5.74, 6) is 0. The number of aliphatic hydroxyl groups is 1. The molecule has 1 N–H and O–H groups in total. The highest BCUT2D eigenvalue weighted by molar-refractivity contribution is 7.15. The Bertz CT molecular complexity index is 633. The first kappa shape index (κ1) is 13.7. The van der Waals surface area contributed by atoms with Crippen LogP contribution in [0.5, 0.6) is 0 Å². The summed E-state index contributed by atoms with van der Waals surface area (Å²) in [5.41, 5.74) is 3.36. The molecule has 1 atom stereocenters. The smallest absolute Gasteiger partial charge is 0.142 e. The van der Waals surface area contributed by atoms with Crippen molar-refractivity contribution in [3.8, 4) is 10.7 Å². The first-order valence-corrected chi connectivity index (χ1v) is 7.94. The van der Waals surface area contributed by atoms with Crippen LogP contribution in [0.3, 0.4) is 0 Å². The molecule has 20 heavy (non-hydrogen) atoms. The molecule has 0 radical (unpaired) electrons. The Hall–Kier alpha value is -1.26. The molecule has 3 nitrogen and oxygen atoms in total. The molecule has 4 heteroatoms. The molecular formula is C16H20N2OS. The number of rotatable bonds is 2. The van der Waals surface area contributed by atoms with E-state index >= 15 is 0 Å². The second kappa shape index (κ2) is 4.93. The van der Waals surface area contributed by atoms with Crippen molar-refractivity contribution in [1.82, 2.24) is 9.97 Å². The van der Waals surface area contributed by atoms with E-state index in [-0.39, 0.29) is 11.5 Å². The Labute approximate surface area is 123 Å². The third-order valence-corrected chi connectivity index (χ3v) is 5.10. The standard InChI is InChI=1S/C16H20N2OS/c1-4-10-6-5-7-17-13(10)15-18-11-8-16(2,3)9-12(19)14(11)20-15/h5-7,12,19H,4,8-9H2,1-3H3. The molecule has 0 fully saturated rings. The SMILES string of the molecule is CCc1cccnc1-c1nc2c(s1)C(O)CC(C)(C)C2. The molecule has 2 aromatic heterocycles. The molecule has 106 valence electrons. The molecular weight excluding hydrogens is 268 g/mol. The van der Waals surface area contributed by atoms with Gasteiger partial charge in [0.2, 0.25) is 0 Å². The van der Waals surface area contributed by atoms with Crippen LogP contribution in [0.2, 0.25) is 0 Å². The molecule has 0 saturated carbocycles. The van der Waals surface area contributed by atoms with Gasteiger partial charge in [0.25, 0.3) is 0 Å². The van der Waals surface area contributed by atoms with Crippen LogP contribution < -0.4 is 0 Å². The van der Waals surface area contributed by atoms with Gasteiger partial charge in [-0.25, -0.2) is 4.98 Å². The fourth-order valence-corrected chi connectivity index (χ4v) is 4.01. The lowest BCUT2D eigenvalue weighted by molar-refractivity contribution is 0.102. The lowest BCUT2D eigenvalue weighted by atomic mass is 9.77. The molecule has 1 aliphatic rings. The predicted octanol–water partition coefficient (Wildman–Crippen LogP) is 3.77. The lowest BCUT2D eigenvalue weighted by Gasteiger charge is -2.31. The molecule has 3 rings (SSSR count). The molecule has 0 aromatic carbocycles. The Morgan fingerprint density at radius 1 is 1.45 bits per heavy atom. The molecule has 0 amide bonds. The number of thiazole rings is 1. The van der Waals surface area contributed by atoms with Crippen LogP contribution in [0.4, 0.5) is 0 Å². The second-order valence-corrected chi connectivity index (χ2v) is 7.29. The van der Waals surface area contributed by atoms with Crippen molar-refractivity contribution in [2.75, 3.05) is 0 Å². The summed E-state index contributed by atoms with van der Waals surface area (Å²) in [6.07, 6.45) is 4.12. The number of nitrogens with zero attached hydrogens (tertiary/aromatic N) is 2. The van der Waals surface area contributed by atoms with E-state index in [1.165, 1.54) is 5.56 Å². The minimum Gasteiger partial charge on any atom is -0.387 e. The van der Waals surface area contributed by atoms with Crippen molar-refractivity contribution in [2.45, 2.75) is 46.1 Å². The zero-order chi connectivity index (χ0) is 14.3. The average Bonchev–Trinajstić information content (AvgIpc) is 2.81. The number of aryl methyl sites for hydroxylation is 1. The maximum Gasteiger partial charge on any atom is 0.142 e. The topological polar surface area (TPSA) is 46.0 Å². The number of pyridine rings is 1. The zero-order valence-corrected chi connectivity index (χ0v) is 13.0. The largest absolute Gasteiger partial charge is 0.387 e. The maximum atomic E-state index is 10.3. The van der Waals surface area contributed by atoms with Crippen molar-refractivity contribution in [3.63, 3.8) is 0 Å². The van der Waals surface area contributed by atoms with Crippen LogP contribution in [-0.2, 0) is 12.8 Å². The normalized spacial score (nSPS) is 20.7. The van der Waals surface area contributed by atoms with E-state index in [4.69, 9.17) is 4.98 Å². The first-order chi connectivity index (χ1) is 9.50. The summed E-state index contributed by atoms with van der Waals surface area (Å²) >= 11 is 1.60. The number of hydrogen-bond acceptors (Lipinski definition) is 4. The first-order valence-electron chi connectivity index (χ1n) is 7.12. The third kappa shape index (κ3) is 2.38. The van der Waals surface area contributed by atoms with E-state index in [0.29, 0.717) is 0 Å². The molecule has 0 aliphatic heterocycles. The second-order valence-electron chi connectivity index (χ2n) is 6.26. The van der Waals surface area contributed by atoms with Crippen molar-refractivity contribution in [1.29, 1.82) is 0 Å². The summed E-state index contributed by atoms with van der Waals surface area (Å²) in [5, 5.41) is 11.3. The van der Waals surface area contributed by atoms with Crippen LogP contribution in [0.25, 0.3) is 10.7 Å². The minimum atomic E-state index is -0.381. The monoisotopic (exact) mass is 288 g/mol. The summed E-state index contributed by atoms with van der Waals surface area (Å²) < 4.78 is 0. The van der Waals surface area contributed by atoms with Crippen molar-refractivity contribution < 1.29 is 5.11 Å². The van der Waals surface area contributed by atoms with E-state index < -0.39 is 0 Å². The molecule has 0 bridgehead atoms. The van der Waals surface area contributed by atoms with Crippen molar-refractivity contribution in [2.24, 2.45) is 5.41 Å². The van der Waals surface area contributed by atoms with Gasteiger partial charge in [0.1, 0.15) is 10.7 Å². The van der Waals surface area contributed by atoms with E-state index in [9.17, 15) is 5.11 Å². The van der Waals surface area contributed by atoms with Gasteiger partial charge in [-0.05, 0) is 36.3 Å². The number of aromatic nitrogens is 2. The van der Waals surface area contributed by atoms with Gasteiger partial charge in [0.05, 0.1) is 16.7 Å². The highest BCUT2D eigenvalue weighted by Gasteiger charge is 2.34. The van der Waals surface area contributed by atoms with Crippen LogP contribution in [0.15, 0.2) is 18.3 Å². The summed E-state index contributed by atoms with van der Waals surface area (Å²) in [4.78, 5) is 10.3. The van der Waals surface area contributed by atoms with E-state index in [2.05, 4.69) is 31.8 Å². The highest BCUT2D eigenvalue weighted by atomic mass is 32.1. The number of fused-ring (bicyclic) bond motifs is 1. The molecule has 0 saturated heterocycles. The maximum absolute atomic E-state index is 10.3. The number of aliphatic hydroxyl groups excluding tert-OH is 1. The van der Waals surface area contributed by atoms with Gasteiger partial charge in [-0.15, -0.1) is 11.3 Å². The molecule has 1 unspecified atom stereocenters.